The number of carbonyl (C=O) groups is 1. The van der Waals surface area contributed by atoms with Crippen LogP contribution in [0.4, 0.5) is 18.0 Å². The molecular weight excluding hydrogens is 399 g/mol. The Hall–Kier alpha value is -1.78. The summed E-state index contributed by atoms with van der Waals surface area (Å²) >= 11 is 0. The Labute approximate surface area is 162 Å². The Morgan fingerprint density at radius 1 is 1.29 bits per heavy atom. The molecule has 11 heteroatoms. The average Bonchev–Trinajstić information content (AvgIpc) is 2.96. The number of amides is 1. The first kappa shape index (κ1) is 22.5. The van der Waals surface area contributed by atoms with Crippen molar-refractivity contribution in [2.24, 2.45) is 7.05 Å². The Balaban J connectivity index is 2.46. The molecule has 7 nitrogen and oxygen atoms in total. The molecule has 160 valence electrons. The number of nitrogens with zero attached hydrogens (tertiary/aromatic N) is 3. The predicted octanol–water partition coefficient (Wildman–Crippen LogP) is 3.61. The van der Waals surface area contributed by atoms with Crippen molar-refractivity contribution in [1.82, 2.24) is 14.7 Å². The van der Waals surface area contributed by atoms with Crippen LogP contribution in [0.15, 0.2) is 11.1 Å². The van der Waals surface area contributed by atoms with Crippen LogP contribution in [0.25, 0.3) is 0 Å². The number of ether oxygens (including phenoxy) is 1. The summed E-state index contributed by atoms with van der Waals surface area (Å²) in [5.41, 5.74) is -1.86. The van der Waals surface area contributed by atoms with Gasteiger partial charge in [-0.25, -0.2) is 26.4 Å². The van der Waals surface area contributed by atoms with Gasteiger partial charge in [-0.1, -0.05) is 0 Å². The molecule has 1 saturated heterocycles. The Morgan fingerprint density at radius 2 is 1.89 bits per heavy atom. The van der Waals surface area contributed by atoms with E-state index in [1.54, 1.807) is 20.8 Å². The van der Waals surface area contributed by atoms with E-state index in [0.29, 0.717) is 12.8 Å². The Morgan fingerprint density at radius 3 is 2.43 bits per heavy atom. The van der Waals surface area contributed by atoms with Gasteiger partial charge in [-0.15, -0.1) is 0 Å². The zero-order valence-electron chi connectivity index (χ0n) is 16.6. The van der Waals surface area contributed by atoms with Gasteiger partial charge in [0.05, 0.1) is 6.04 Å². The first-order chi connectivity index (χ1) is 12.7. The van der Waals surface area contributed by atoms with Crippen LogP contribution in [-0.2, 0) is 21.6 Å². The largest absolute Gasteiger partial charge is 0.444 e. The smallest absolute Gasteiger partial charge is 0.410 e. The number of piperidine rings is 1. The molecule has 2 atom stereocenters. The molecule has 2 unspecified atom stereocenters. The van der Waals surface area contributed by atoms with E-state index in [-0.39, 0.29) is 13.0 Å². The fraction of sp³-hybridized carbons (Fsp3) is 0.765. The lowest BCUT2D eigenvalue weighted by Gasteiger charge is -2.41. The van der Waals surface area contributed by atoms with Gasteiger partial charge in [0.2, 0.25) is 14.8 Å². The molecule has 0 saturated carbocycles. The lowest BCUT2D eigenvalue weighted by molar-refractivity contribution is -0.00642. The summed E-state index contributed by atoms with van der Waals surface area (Å²) in [5, 5.41) is 0.450. The number of hydrogen-bond donors (Lipinski definition) is 0. The number of hydrogen-bond acceptors (Lipinski definition) is 5. The molecule has 2 rings (SSSR count). The molecular formula is C17H26F3N3O4S. The molecule has 0 bridgehead atoms. The van der Waals surface area contributed by atoms with Crippen molar-refractivity contribution in [2.75, 3.05) is 6.54 Å². The summed E-state index contributed by atoms with van der Waals surface area (Å²) in [6.07, 6.45) is -2.05. The minimum atomic E-state index is -4.88. The van der Waals surface area contributed by atoms with Gasteiger partial charge in [0.25, 0.3) is 6.43 Å². The van der Waals surface area contributed by atoms with Crippen molar-refractivity contribution >= 4 is 15.9 Å². The molecule has 2 heterocycles. The number of aromatic nitrogens is 2. The molecule has 1 amide bonds. The molecule has 28 heavy (non-hydrogen) atoms. The second-order valence-corrected chi connectivity index (χ2v) is 10.3. The average molecular weight is 425 g/mol. The number of halogens is 3. The molecule has 1 aliphatic heterocycles. The topological polar surface area (TPSA) is 81.5 Å². The second kappa shape index (κ2) is 7.57. The van der Waals surface area contributed by atoms with E-state index in [0.717, 1.165) is 22.7 Å². The van der Waals surface area contributed by atoms with E-state index >= 15 is 4.39 Å². The summed E-state index contributed by atoms with van der Waals surface area (Å²) < 4.78 is 74.5. The van der Waals surface area contributed by atoms with Gasteiger partial charge in [-0.05, 0) is 47.0 Å². The molecule has 1 aromatic heterocycles. The van der Waals surface area contributed by atoms with Crippen LogP contribution in [0.3, 0.4) is 0 Å². The first-order valence-electron chi connectivity index (χ1n) is 8.93. The number of carbonyl (C=O) groups excluding carboxylic acids is 1. The Bertz CT molecular complexity index is 831. The van der Waals surface area contributed by atoms with Gasteiger partial charge < -0.3 is 9.64 Å². The first-order valence-corrected chi connectivity index (χ1v) is 10.4. The summed E-state index contributed by atoms with van der Waals surface area (Å²) in [6, 6.07) is -1.37. The molecule has 0 aliphatic carbocycles. The van der Waals surface area contributed by atoms with Crippen molar-refractivity contribution in [3.8, 4) is 0 Å². The van der Waals surface area contributed by atoms with Crippen LogP contribution in [0.2, 0.25) is 0 Å². The van der Waals surface area contributed by atoms with Crippen LogP contribution in [0, 0.1) is 0 Å². The van der Waals surface area contributed by atoms with Crippen molar-refractivity contribution < 1.29 is 31.1 Å². The van der Waals surface area contributed by atoms with Gasteiger partial charge in [0.1, 0.15) is 16.2 Å². The number of sulfone groups is 1. The standard InChI is InChI=1S/C17H26F3N3O4S/c1-16(2,3)27-15(24)23-9-7-6-8-12(23)17(4,20)28(25,26)11-10-22(5)21-13(11)14(18)19/h10,12,14H,6-9H2,1-5H3. The van der Waals surface area contributed by atoms with Crippen molar-refractivity contribution in [3.05, 3.63) is 11.9 Å². The monoisotopic (exact) mass is 425 g/mol. The van der Waals surface area contributed by atoms with Gasteiger partial charge in [0, 0.05) is 19.8 Å². The third-order valence-electron chi connectivity index (χ3n) is 4.57. The maximum absolute atomic E-state index is 15.8. The third kappa shape index (κ3) is 4.28. The highest BCUT2D eigenvalue weighted by atomic mass is 32.2. The van der Waals surface area contributed by atoms with Crippen molar-refractivity contribution in [2.45, 2.75) is 74.9 Å². The summed E-state index contributed by atoms with van der Waals surface area (Å²) in [4.78, 5) is 12.7. The van der Waals surface area contributed by atoms with Crippen LogP contribution < -0.4 is 0 Å². The minimum Gasteiger partial charge on any atom is -0.444 e. The second-order valence-electron chi connectivity index (χ2n) is 8.03. The normalized spacial score (nSPS) is 20.9. The van der Waals surface area contributed by atoms with E-state index < -0.39 is 49.6 Å². The van der Waals surface area contributed by atoms with Gasteiger partial charge in [-0.2, -0.15) is 5.10 Å². The van der Waals surface area contributed by atoms with Crippen molar-refractivity contribution in [1.29, 1.82) is 0 Å². The van der Waals surface area contributed by atoms with E-state index in [1.807, 2.05) is 0 Å². The van der Waals surface area contributed by atoms with Gasteiger partial charge in [-0.3, -0.25) is 4.68 Å². The van der Waals surface area contributed by atoms with E-state index in [2.05, 4.69) is 5.10 Å². The number of aryl methyl sites for hydroxylation is 1. The maximum atomic E-state index is 15.8. The molecule has 1 aliphatic rings. The Kier molecular flexibility index (Phi) is 6.08. The minimum absolute atomic E-state index is 0.0652. The maximum Gasteiger partial charge on any atom is 0.410 e. The number of alkyl halides is 3. The SMILES string of the molecule is Cn1cc(S(=O)(=O)C(C)(F)C2CCCCN2C(=O)OC(C)(C)C)c(C(F)F)n1. The summed E-state index contributed by atoms with van der Waals surface area (Å²) in [5.74, 6) is 0. The van der Waals surface area contributed by atoms with E-state index in [4.69, 9.17) is 4.74 Å². The van der Waals surface area contributed by atoms with Crippen LogP contribution in [0.1, 0.15) is 59.1 Å². The summed E-state index contributed by atoms with van der Waals surface area (Å²) in [6.45, 7) is 5.83. The van der Waals surface area contributed by atoms with Crippen LogP contribution in [0.5, 0.6) is 0 Å². The third-order valence-corrected chi connectivity index (χ3v) is 6.79. The molecule has 0 spiro atoms. The highest BCUT2D eigenvalue weighted by Gasteiger charge is 2.54. The van der Waals surface area contributed by atoms with Gasteiger partial charge in [0.15, 0.2) is 0 Å². The van der Waals surface area contributed by atoms with E-state index in [9.17, 15) is 22.0 Å². The predicted molar refractivity (Wildman–Crippen MR) is 95.4 cm³/mol. The van der Waals surface area contributed by atoms with Crippen LogP contribution in [-0.4, -0.2) is 52.4 Å². The number of likely N-dealkylation sites (tertiary alicyclic amines) is 1. The highest BCUT2D eigenvalue weighted by molar-refractivity contribution is 7.92. The van der Waals surface area contributed by atoms with Crippen molar-refractivity contribution in [3.63, 3.8) is 0 Å². The molecule has 0 N–H and O–H groups in total. The lowest BCUT2D eigenvalue weighted by Crippen LogP contribution is -2.57. The molecule has 0 radical (unpaired) electrons. The van der Waals surface area contributed by atoms with Crippen LogP contribution >= 0.6 is 0 Å². The zero-order chi connectivity index (χ0) is 21.5. The summed E-state index contributed by atoms with van der Waals surface area (Å²) in [7, 11) is -3.61. The molecule has 1 fully saturated rings. The molecule has 0 aromatic carbocycles. The van der Waals surface area contributed by atoms with Gasteiger partial charge >= 0.3 is 6.09 Å². The van der Waals surface area contributed by atoms with E-state index in [1.165, 1.54) is 7.05 Å². The highest BCUT2D eigenvalue weighted by Crippen LogP contribution is 2.40. The fourth-order valence-corrected chi connectivity index (χ4v) is 4.97. The molecule has 1 aromatic rings. The quantitative estimate of drug-likeness (QED) is 0.736. The number of rotatable bonds is 4. The lowest BCUT2D eigenvalue weighted by atomic mass is 9.99. The fourth-order valence-electron chi connectivity index (χ4n) is 3.24. The zero-order valence-corrected chi connectivity index (χ0v) is 17.4.